The number of rotatable bonds is 7. The summed E-state index contributed by atoms with van der Waals surface area (Å²) in [5.74, 6) is 2.48. The normalized spacial score (nSPS) is 14.4. The molecule has 0 saturated heterocycles. The fourth-order valence-corrected chi connectivity index (χ4v) is 2.58. The lowest BCUT2D eigenvalue weighted by atomic mass is 10.1. The fraction of sp³-hybridized carbons (Fsp3) is 0.474. The molecule has 1 aromatic carbocycles. The van der Waals surface area contributed by atoms with Crippen LogP contribution >= 0.6 is 0 Å². The first-order chi connectivity index (χ1) is 12.1. The number of ether oxygens (including phenoxy) is 1. The quantitative estimate of drug-likeness (QED) is 0.599. The second kappa shape index (κ2) is 8.05. The van der Waals surface area contributed by atoms with Gasteiger partial charge in [-0.15, -0.1) is 0 Å². The first kappa shape index (κ1) is 17.3. The molecule has 1 fully saturated rings. The van der Waals surface area contributed by atoms with E-state index in [9.17, 15) is 0 Å². The van der Waals surface area contributed by atoms with Crippen molar-refractivity contribution in [1.82, 2.24) is 20.4 Å². The lowest BCUT2D eigenvalue weighted by Crippen LogP contribution is -2.36. The number of nitrogens with zero attached hydrogens (tertiary/aromatic N) is 3. The van der Waals surface area contributed by atoms with Crippen LogP contribution in [0.2, 0.25) is 0 Å². The van der Waals surface area contributed by atoms with Crippen LogP contribution in [0.3, 0.4) is 0 Å². The highest BCUT2D eigenvalue weighted by Crippen LogP contribution is 2.30. The molecule has 1 heterocycles. The summed E-state index contributed by atoms with van der Waals surface area (Å²) in [5, 5.41) is 10.8. The Morgan fingerprint density at radius 3 is 2.80 bits per heavy atom. The molecule has 0 unspecified atom stereocenters. The van der Waals surface area contributed by atoms with Gasteiger partial charge in [-0.1, -0.05) is 12.1 Å². The molecule has 0 bridgehead atoms. The largest absolute Gasteiger partial charge is 0.493 e. The van der Waals surface area contributed by atoms with E-state index in [2.05, 4.69) is 45.8 Å². The van der Waals surface area contributed by atoms with Gasteiger partial charge >= 0.3 is 0 Å². The van der Waals surface area contributed by atoms with Crippen molar-refractivity contribution in [3.63, 3.8) is 0 Å². The summed E-state index contributed by atoms with van der Waals surface area (Å²) < 4.78 is 7.82. The number of aromatic nitrogens is 2. The van der Waals surface area contributed by atoms with Crippen molar-refractivity contribution in [1.29, 1.82) is 0 Å². The van der Waals surface area contributed by atoms with Crippen LogP contribution in [0.25, 0.3) is 0 Å². The van der Waals surface area contributed by atoms with Crippen molar-refractivity contribution < 1.29 is 4.74 Å². The molecule has 0 amide bonds. The number of benzene rings is 1. The molecule has 0 aliphatic heterocycles. The minimum atomic E-state index is 0.674. The summed E-state index contributed by atoms with van der Waals surface area (Å²) in [6, 6.07) is 6.36. The third-order valence-corrected chi connectivity index (χ3v) is 4.28. The van der Waals surface area contributed by atoms with Crippen molar-refractivity contribution in [3.05, 3.63) is 47.3 Å². The van der Waals surface area contributed by atoms with E-state index in [4.69, 9.17) is 4.74 Å². The number of hydrogen-bond donors (Lipinski definition) is 2. The first-order valence-corrected chi connectivity index (χ1v) is 8.78. The van der Waals surface area contributed by atoms with E-state index in [1.807, 2.05) is 19.4 Å². The molecule has 1 aliphatic carbocycles. The third kappa shape index (κ3) is 5.24. The minimum absolute atomic E-state index is 0.674. The number of hydrogen-bond acceptors (Lipinski definition) is 3. The monoisotopic (exact) mass is 341 g/mol. The zero-order valence-corrected chi connectivity index (χ0v) is 15.2. The van der Waals surface area contributed by atoms with E-state index in [0.29, 0.717) is 13.1 Å². The third-order valence-electron chi connectivity index (χ3n) is 4.28. The van der Waals surface area contributed by atoms with Crippen LogP contribution < -0.4 is 15.4 Å². The van der Waals surface area contributed by atoms with Gasteiger partial charge in [0.05, 0.1) is 12.8 Å². The molecule has 1 aromatic heterocycles. The zero-order valence-electron chi connectivity index (χ0n) is 15.2. The Morgan fingerprint density at radius 1 is 1.32 bits per heavy atom. The van der Waals surface area contributed by atoms with E-state index in [1.165, 1.54) is 18.4 Å². The maximum absolute atomic E-state index is 6.03. The van der Waals surface area contributed by atoms with Gasteiger partial charge < -0.3 is 15.4 Å². The molecular weight excluding hydrogens is 314 g/mol. The topological polar surface area (TPSA) is 63.5 Å². The highest BCUT2D eigenvalue weighted by molar-refractivity contribution is 5.79. The van der Waals surface area contributed by atoms with E-state index < -0.39 is 0 Å². The lowest BCUT2D eigenvalue weighted by molar-refractivity contribution is 0.296. The van der Waals surface area contributed by atoms with E-state index >= 15 is 0 Å². The summed E-state index contributed by atoms with van der Waals surface area (Å²) in [7, 11) is 3.69. The summed E-state index contributed by atoms with van der Waals surface area (Å²) in [6.45, 7) is 4.28. The van der Waals surface area contributed by atoms with Crippen molar-refractivity contribution in [2.24, 2.45) is 18.0 Å². The zero-order chi connectivity index (χ0) is 17.6. The van der Waals surface area contributed by atoms with Gasteiger partial charge in [-0.05, 0) is 37.3 Å². The predicted octanol–water partition coefficient (Wildman–Crippen LogP) is 2.38. The summed E-state index contributed by atoms with van der Waals surface area (Å²) in [6.07, 6.45) is 6.43. The minimum Gasteiger partial charge on any atom is -0.493 e. The molecule has 1 saturated carbocycles. The van der Waals surface area contributed by atoms with Crippen molar-refractivity contribution in [2.75, 3.05) is 13.7 Å². The first-order valence-electron chi connectivity index (χ1n) is 8.78. The molecular formula is C19H27N5O. The average molecular weight is 341 g/mol. The lowest BCUT2D eigenvalue weighted by Gasteiger charge is -2.15. The van der Waals surface area contributed by atoms with E-state index in [-0.39, 0.29) is 0 Å². The molecule has 134 valence electrons. The molecule has 0 atom stereocenters. The second-order valence-electron chi connectivity index (χ2n) is 6.67. The molecule has 3 rings (SSSR count). The Morgan fingerprint density at radius 2 is 2.12 bits per heavy atom. The van der Waals surface area contributed by atoms with Crippen LogP contribution in [-0.4, -0.2) is 29.4 Å². The molecule has 0 radical (unpaired) electrons. The fourth-order valence-electron chi connectivity index (χ4n) is 2.58. The summed E-state index contributed by atoms with van der Waals surface area (Å²) in [5.41, 5.74) is 3.48. The van der Waals surface area contributed by atoms with Gasteiger partial charge in [-0.25, -0.2) is 0 Å². The van der Waals surface area contributed by atoms with Crippen molar-refractivity contribution in [2.45, 2.75) is 32.9 Å². The Bertz CT molecular complexity index is 733. The molecule has 2 aromatic rings. The maximum atomic E-state index is 6.03. The van der Waals surface area contributed by atoms with Gasteiger partial charge in [0.2, 0.25) is 0 Å². The van der Waals surface area contributed by atoms with Crippen molar-refractivity contribution in [3.8, 4) is 5.75 Å². The van der Waals surface area contributed by atoms with E-state index in [0.717, 1.165) is 35.4 Å². The van der Waals surface area contributed by atoms with Gasteiger partial charge in [0.25, 0.3) is 0 Å². The highest BCUT2D eigenvalue weighted by atomic mass is 16.5. The number of aliphatic imine (C=N–C) groups is 1. The Hall–Kier alpha value is -2.50. The van der Waals surface area contributed by atoms with Crippen LogP contribution in [0.4, 0.5) is 0 Å². The smallest absolute Gasteiger partial charge is 0.191 e. The van der Waals surface area contributed by atoms with Crippen LogP contribution in [0.1, 0.15) is 29.5 Å². The standard InChI is InChI=1S/C19H27N5O/c1-14-4-7-17(18(8-14)25-13-15-5-6-15)11-22-19(20-2)21-9-16-10-23-24(3)12-16/h4,7-8,10,12,15H,5-6,9,11,13H2,1-3H3,(H2,20,21,22). The number of aryl methyl sites for hydroxylation is 2. The van der Waals surface area contributed by atoms with Gasteiger partial charge in [0, 0.05) is 44.5 Å². The predicted molar refractivity (Wildman–Crippen MR) is 99.6 cm³/mol. The molecule has 6 heteroatoms. The van der Waals surface area contributed by atoms with Crippen LogP contribution in [0.5, 0.6) is 5.75 Å². The highest BCUT2D eigenvalue weighted by Gasteiger charge is 2.22. The second-order valence-corrected chi connectivity index (χ2v) is 6.67. The van der Waals surface area contributed by atoms with Crippen LogP contribution in [-0.2, 0) is 20.1 Å². The van der Waals surface area contributed by atoms with Gasteiger partial charge in [-0.3, -0.25) is 9.67 Å². The number of nitrogens with one attached hydrogen (secondary N) is 2. The maximum Gasteiger partial charge on any atom is 0.191 e. The molecule has 1 aliphatic rings. The number of guanidine groups is 1. The van der Waals surface area contributed by atoms with Crippen molar-refractivity contribution >= 4 is 5.96 Å². The molecule has 0 spiro atoms. The van der Waals surface area contributed by atoms with Crippen LogP contribution in [0.15, 0.2) is 35.6 Å². The van der Waals surface area contributed by atoms with Gasteiger partial charge in [0.1, 0.15) is 5.75 Å². The molecule has 2 N–H and O–H groups in total. The van der Waals surface area contributed by atoms with Gasteiger partial charge in [-0.2, -0.15) is 5.10 Å². The Balaban J connectivity index is 1.55. The summed E-state index contributed by atoms with van der Waals surface area (Å²) in [4.78, 5) is 4.28. The van der Waals surface area contributed by atoms with Gasteiger partial charge in [0.15, 0.2) is 5.96 Å². The molecule has 25 heavy (non-hydrogen) atoms. The molecule has 6 nitrogen and oxygen atoms in total. The van der Waals surface area contributed by atoms with E-state index in [1.54, 1.807) is 11.7 Å². The van der Waals surface area contributed by atoms with Crippen LogP contribution in [0, 0.1) is 12.8 Å². The Labute approximate surface area is 149 Å². The Kier molecular flexibility index (Phi) is 5.58. The summed E-state index contributed by atoms with van der Waals surface area (Å²) >= 11 is 0. The SMILES string of the molecule is CN=C(NCc1cnn(C)c1)NCc1ccc(C)cc1OCC1CC1. The average Bonchev–Trinajstić information content (AvgIpc) is 3.35.